The van der Waals surface area contributed by atoms with Gasteiger partial charge in [0.15, 0.2) is 5.13 Å². The molecule has 0 unspecified atom stereocenters. The molecule has 0 atom stereocenters. The van der Waals surface area contributed by atoms with E-state index in [-0.39, 0.29) is 10.7 Å². The second-order valence-corrected chi connectivity index (χ2v) is 4.38. The first-order chi connectivity index (χ1) is 8.88. The number of halogens is 4. The molecule has 0 fully saturated rings. The van der Waals surface area contributed by atoms with Crippen LogP contribution >= 0.6 is 11.3 Å². The van der Waals surface area contributed by atoms with E-state index in [2.05, 4.69) is 10.3 Å². The van der Waals surface area contributed by atoms with Gasteiger partial charge >= 0.3 is 6.18 Å². The summed E-state index contributed by atoms with van der Waals surface area (Å²) in [5, 5.41) is 4.17. The number of rotatable bonds is 2. The predicted molar refractivity (Wildman–Crippen MR) is 61.5 cm³/mol. The van der Waals surface area contributed by atoms with Gasteiger partial charge in [0.25, 0.3) is 5.91 Å². The fraction of sp³-hybridized carbons (Fsp3) is 0.0909. The van der Waals surface area contributed by atoms with E-state index >= 15 is 0 Å². The van der Waals surface area contributed by atoms with Crippen LogP contribution in [0.3, 0.4) is 0 Å². The second-order valence-electron chi connectivity index (χ2n) is 3.48. The number of nitrogens with one attached hydrogen (secondary N) is 1. The van der Waals surface area contributed by atoms with E-state index in [1.54, 1.807) is 5.38 Å². The van der Waals surface area contributed by atoms with Crippen LogP contribution in [0.15, 0.2) is 29.8 Å². The maximum Gasteiger partial charge on any atom is 0.419 e. The Bertz CT molecular complexity index is 595. The van der Waals surface area contributed by atoms with Crippen molar-refractivity contribution in [1.29, 1.82) is 0 Å². The van der Waals surface area contributed by atoms with Crippen molar-refractivity contribution in [1.82, 2.24) is 4.98 Å². The highest BCUT2D eigenvalue weighted by Crippen LogP contribution is 2.32. The zero-order valence-electron chi connectivity index (χ0n) is 9.16. The van der Waals surface area contributed by atoms with Crippen molar-refractivity contribution in [2.45, 2.75) is 6.18 Å². The van der Waals surface area contributed by atoms with E-state index in [1.165, 1.54) is 6.20 Å². The molecule has 0 radical (unpaired) electrons. The minimum absolute atomic E-state index is 0.253. The fourth-order valence-electron chi connectivity index (χ4n) is 1.34. The largest absolute Gasteiger partial charge is 0.419 e. The molecule has 2 rings (SSSR count). The molecule has 2 aromatic rings. The van der Waals surface area contributed by atoms with Gasteiger partial charge in [0.2, 0.25) is 0 Å². The smallest absolute Gasteiger partial charge is 0.298 e. The number of thiazole rings is 1. The molecule has 8 heteroatoms. The molecule has 3 nitrogen and oxygen atoms in total. The fourth-order valence-corrected chi connectivity index (χ4v) is 1.86. The third-order valence-electron chi connectivity index (χ3n) is 2.19. The van der Waals surface area contributed by atoms with Gasteiger partial charge in [-0.15, -0.1) is 11.3 Å². The minimum Gasteiger partial charge on any atom is -0.298 e. The predicted octanol–water partition coefficient (Wildman–Crippen LogP) is 3.55. The van der Waals surface area contributed by atoms with Gasteiger partial charge < -0.3 is 0 Å². The SMILES string of the molecule is O=C(Nc1nccs1)c1ccc(F)c(C(F)(F)F)c1. The number of anilines is 1. The number of carbonyl (C=O) groups is 1. The Kier molecular flexibility index (Phi) is 3.52. The Morgan fingerprint density at radius 1 is 1.32 bits per heavy atom. The second kappa shape index (κ2) is 4.96. The zero-order valence-corrected chi connectivity index (χ0v) is 9.98. The van der Waals surface area contributed by atoms with Gasteiger partial charge in [-0.3, -0.25) is 10.1 Å². The van der Waals surface area contributed by atoms with Crippen molar-refractivity contribution in [3.05, 3.63) is 46.7 Å². The molecular weight excluding hydrogens is 284 g/mol. The van der Waals surface area contributed by atoms with Crippen LogP contribution in [0.2, 0.25) is 0 Å². The standard InChI is InChI=1S/C11H6F4N2OS/c12-8-2-1-6(5-7(8)11(13,14)15)9(18)17-10-16-3-4-19-10/h1-5H,(H,16,17,18). The number of benzene rings is 1. The summed E-state index contributed by atoms with van der Waals surface area (Å²) >= 11 is 1.12. The van der Waals surface area contributed by atoms with E-state index < -0.39 is 23.5 Å². The molecular formula is C11H6F4N2OS. The summed E-state index contributed by atoms with van der Waals surface area (Å²) in [5.74, 6) is -2.20. The first kappa shape index (κ1) is 13.5. The van der Waals surface area contributed by atoms with Crippen molar-refractivity contribution < 1.29 is 22.4 Å². The lowest BCUT2D eigenvalue weighted by atomic mass is 10.1. The normalized spacial score (nSPS) is 11.4. The summed E-state index contributed by atoms with van der Waals surface area (Å²) in [6.07, 6.45) is -3.41. The molecule has 1 aromatic carbocycles. The third kappa shape index (κ3) is 3.08. The van der Waals surface area contributed by atoms with Gasteiger partial charge in [0.1, 0.15) is 5.82 Å². The molecule has 100 valence electrons. The quantitative estimate of drug-likeness (QED) is 0.859. The molecule has 0 aliphatic heterocycles. The third-order valence-corrected chi connectivity index (χ3v) is 2.88. The number of hydrogen-bond acceptors (Lipinski definition) is 3. The maximum atomic E-state index is 13.0. The highest BCUT2D eigenvalue weighted by atomic mass is 32.1. The molecule has 19 heavy (non-hydrogen) atoms. The molecule has 1 amide bonds. The van der Waals surface area contributed by atoms with Crippen LogP contribution in [-0.4, -0.2) is 10.9 Å². The van der Waals surface area contributed by atoms with Crippen molar-refractivity contribution in [3.8, 4) is 0 Å². The molecule has 0 saturated heterocycles. The molecule has 1 heterocycles. The average Bonchev–Trinajstić information content (AvgIpc) is 2.80. The highest BCUT2D eigenvalue weighted by molar-refractivity contribution is 7.13. The zero-order chi connectivity index (χ0) is 14.0. The van der Waals surface area contributed by atoms with Gasteiger partial charge in [-0.25, -0.2) is 9.37 Å². The van der Waals surface area contributed by atoms with E-state index in [9.17, 15) is 22.4 Å². The lowest BCUT2D eigenvalue weighted by molar-refractivity contribution is -0.140. The van der Waals surface area contributed by atoms with Gasteiger partial charge in [-0.05, 0) is 18.2 Å². The summed E-state index contributed by atoms with van der Waals surface area (Å²) in [4.78, 5) is 15.4. The molecule has 0 aliphatic rings. The van der Waals surface area contributed by atoms with Crippen LogP contribution < -0.4 is 5.32 Å². The number of alkyl halides is 3. The van der Waals surface area contributed by atoms with Crippen LogP contribution in [0.5, 0.6) is 0 Å². The number of amides is 1. The number of carbonyl (C=O) groups excluding carboxylic acids is 1. The van der Waals surface area contributed by atoms with Crippen LogP contribution in [-0.2, 0) is 6.18 Å². The van der Waals surface area contributed by atoms with E-state index in [0.29, 0.717) is 12.1 Å². The summed E-state index contributed by atoms with van der Waals surface area (Å²) in [6.45, 7) is 0. The maximum absolute atomic E-state index is 13.0. The van der Waals surface area contributed by atoms with Crippen molar-refractivity contribution >= 4 is 22.4 Å². The first-order valence-corrected chi connectivity index (χ1v) is 5.83. The molecule has 0 bridgehead atoms. The van der Waals surface area contributed by atoms with E-state index in [4.69, 9.17) is 0 Å². The van der Waals surface area contributed by atoms with E-state index in [0.717, 1.165) is 17.4 Å². The monoisotopic (exact) mass is 290 g/mol. The van der Waals surface area contributed by atoms with Gasteiger partial charge in [0, 0.05) is 17.1 Å². The lowest BCUT2D eigenvalue weighted by Gasteiger charge is -2.09. The number of hydrogen-bond donors (Lipinski definition) is 1. The molecule has 0 saturated carbocycles. The Hall–Kier alpha value is -1.96. The number of nitrogens with zero attached hydrogens (tertiary/aromatic N) is 1. The first-order valence-electron chi connectivity index (χ1n) is 4.95. The van der Waals surface area contributed by atoms with Crippen LogP contribution in [0, 0.1) is 5.82 Å². The van der Waals surface area contributed by atoms with Crippen LogP contribution in [0.4, 0.5) is 22.7 Å². The Morgan fingerprint density at radius 3 is 2.63 bits per heavy atom. The average molecular weight is 290 g/mol. The van der Waals surface area contributed by atoms with Crippen LogP contribution in [0.25, 0.3) is 0 Å². The number of aromatic nitrogens is 1. The molecule has 0 aliphatic carbocycles. The summed E-state index contributed by atoms with van der Waals surface area (Å²) in [5.41, 5.74) is -1.76. The lowest BCUT2D eigenvalue weighted by Crippen LogP contribution is -2.15. The topological polar surface area (TPSA) is 42.0 Å². The minimum atomic E-state index is -4.85. The van der Waals surface area contributed by atoms with Crippen molar-refractivity contribution in [3.63, 3.8) is 0 Å². The Labute approximate surface area is 108 Å². The van der Waals surface area contributed by atoms with Gasteiger partial charge in [0.05, 0.1) is 5.56 Å². The van der Waals surface area contributed by atoms with Crippen molar-refractivity contribution in [2.24, 2.45) is 0 Å². The van der Waals surface area contributed by atoms with Crippen LogP contribution in [0.1, 0.15) is 15.9 Å². The van der Waals surface area contributed by atoms with Gasteiger partial charge in [-0.2, -0.15) is 13.2 Å². The van der Waals surface area contributed by atoms with Crippen molar-refractivity contribution in [2.75, 3.05) is 5.32 Å². The Morgan fingerprint density at radius 2 is 2.05 bits per heavy atom. The van der Waals surface area contributed by atoms with E-state index in [1.807, 2.05) is 0 Å². The molecule has 1 N–H and O–H groups in total. The molecule has 0 spiro atoms. The summed E-state index contributed by atoms with van der Waals surface area (Å²) < 4.78 is 50.5. The summed E-state index contributed by atoms with van der Waals surface area (Å²) in [7, 11) is 0. The highest BCUT2D eigenvalue weighted by Gasteiger charge is 2.34. The van der Waals surface area contributed by atoms with Gasteiger partial charge in [-0.1, -0.05) is 0 Å². The Balaban J connectivity index is 2.28. The molecule has 1 aromatic heterocycles. The summed E-state index contributed by atoms with van der Waals surface area (Å²) in [6, 6.07) is 2.06.